The molecule has 3 unspecified atom stereocenters. The van der Waals surface area contributed by atoms with Gasteiger partial charge in [-0.1, -0.05) is 6.07 Å². The molecule has 1 aromatic heterocycles. The Kier molecular flexibility index (Phi) is 11.3. The number of carboxylic acid groups (broad SMARTS) is 1. The van der Waals surface area contributed by atoms with Crippen LogP contribution >= 0.6 is 0 Å². The number of fused-ring (bicyclic) bond motifs is 1. The maximum Gasteiger partial charge on any atom is 0.337 e. The van der Waals surface area contributed by atoms with E-state index in [1.807, 2.05) is 26.8 Å². The van der Waals surface area contributed by atoms with Gasteiger partial charge in [0.1, 0.15) is 11.9 Å². The summed E-state index contributed by atoms with van der Waals surface area (Å²) < 4.78 is 44.3. The number of nitrogen functional groups attached to an aromatic ring is 1. The molecule has 1 aliphatic rings. The van der Waals surface area contributed by atoms with Crippen LogP contribution in [0.15, 0.2) is 71.8 Å². The molecular formula is C38H44N4O9S. The van der Waals surface area contributed by atoms with Gasteiger partial charge in [0.25, 0.3) is 0 Å². The molecule has 276 valence electrons. The van der Waals surface area contributed by atoms with Crippen LogP contribution in [0.1, 0.15) is 74.6 Å². The summed E-state index contributed by atoms with van der Waals surface area (Å²) in [6, 6.07) is 13.9. The van der Waals surface area contributed by atoms with Gasteiger partial charge in [0, 0.05) is 23.8 Å². The van der Waals surface area contributed by atoms with E-state index in [1.54, 1.807) is 42.6 Å². The van der Waals surface area contributed by atoms with Gasteiger partial charge < -0.3 is 35.3 Å². The molecule has 13 nitrogen and oxygen atoms in total. The van der Waals surface area contributed by atoms with E-state index in [0.29, 0.717) is 35.2 Å². The van der Waals surface area contributed by atoms with Crippen LogP contribution < -0.4 is 20.5 Å². The lowest BCUT2D eigenvalue weighted by molar-refractivity contribution is -0.143. The van der Waals surface area contributed by atoms with Gasteiger partial charge >= 0.3 is 11.9 Å². The second kappa shape index (κ2) is 15.5. The van der Waals surface area contributed by atoms with Crippen LogP contribution in [0.3, 0.4) is 0 Å². The minimum atomic E-state index is -4.01. The summed E-state index contributed by atoms with van der Waals surface area (Å²) >= 11 is 0. The number of anilines is 2. The molecule has 0 spiro atoms. The van der Waals surface area contributed by atoms with Crippen molar-refractivity contribution < 1.29 is 42.1 Å². The molecule has 1 aliphatic heterocycles. The average molecular weight is 733 g/mol. The number of likely N-dealkylation sites (tertiary alicyclic amines) is 1. The van der Waals surface area contributed by atoms with Crippen LogP contribution in [0.2, 0.25) is 0 Å². The molecule has 1 saturated heterocycles. The van der Waals surface area contributed by atoms with Crippen molar-refractivity contribution in [1.29, 1.82) is 0 Å². The highest BCUT2D eigenvalue weighted by Gasteiger charge is 2.46. The van der Waals surface area contributed by atoms with E-state index < -0.39 is 50.9 Å². The number of carbonyl (C=O) groups is 3. The standard InChI is InChI=1S/C38H44N4O9S/c1-7-50-31-20-24(8-12-30(31)51-21(2)3)33(41-26-10-11-27-23(18-26)14-16-40-35(27)39)36(43)42-17-15-28(37(44)45)34(42)29-19-25(38(46)49-6)9-13-32(29)52(47,48)22(4)5/h8-14,16,18-22,28,33-34,41H,7,15,17H2,1-6H3,(H2,39,40)(H,44,45). The van der Waals surface area contributed by atoms with E-state index in [2.05, 4.69) is 10.3 Å². The molecule has 5 rings (SSSR count). The monoisotopic (exact) mass is 732 g/mol. The predicted molar refractivity (Wildman–Crippen MR) is 196 cm³/mol. The zero-order valence-electron chi connectivity index (χ0n) is 30.0. The number of nitrogens with one attached hydrogen (secondary N) is 1. The fourth-order valence-electron chi connectivity index (χ4n) is 6.46. The van der Waals surface area contributed by atoms with E-state index in [1.165, 1.54) is 44.1 Å². The summed E-state index contributed by atoms with van der Waals surface area (Å²) in [6.45, 7) is 8.93. The van der Waals surface area contributed by atoms with Crippen molar-refractivity contribution in [1.82, 2.24) is 9.88 Å². The van der Waals surface area contributed by atoms with Crippen molar-refractivity contribution in [2.24, 2.45) is 5.92 Å². The minimum absolute atomic E-state index is 0.00491. The Bertz CT molecular complexity index is 2100. The third kappa shape index (κ3) is 7.61. The smallest absolute Gasteiger partial charge is 0.337 e. The van der Waals surface area contributed by atoms with Gasteiger partial charge in [-0.3, -0.25) is 9.59 Å². The van der Waals surface area contributed by atoms with Gasteiger partial charge in [-0.25, -0.2) is 18.2 Å². The molecule has 0 radical (unpaired) electrons. The number of hydrogen-bond acceptors (Lipinski definition) is 11. The van der Waals surface area contributed by atoms with Crippen molar-refractivity contribution in [3.63, 3.8) is 0 Å². The number of aliphatic carboxylic acids is 1. The van der Waals surface area contributed by atoms with Gasteiger partial charge in [0.2, 0.25) is 5.91 Å². The number of nitrogens with zero attached hydrogens (tertiary/aromatic N) is 2. The molecule has 1 fully saturated rings. The Labute approximate surface area is 303 Å². The highest BCUT2D eigenvalue weighted by atomic mass is 32.2. The normalized spacial score (nSPS) is 16.6. The fourth-order valence-corrected chi connectivity index (χ4v) is 7.73. The Morgan fingerprint density at radius 2 is 1.77 bits per heavy atom. The Morgan fingerprint density at radius 1 is 1.02 bits per heavy atom. The zero-order chi connectivity index (χ0) is 37.9. The number of hydrogen-bond donors (Lipinski definition) is 3. The summed E-state index contributed by atoms with van der Waals surface area (Å²) in [4.78, 5) is 45.9. The third-order valence-electron chi connectivity index (χ3n) is 8.99. The second-order valence-electron chi connectivity index (χ2n) is 13.1. The van der Waals surface area contributed by atoms with E-state index in [4.69, 9.17) is 19.9 Å². The number of methoxy groups -OCH3 is 1. The SMILES string of the molecule is CCOc1cc(C(Nc2ccc3c(N)nccc3c2)C(=O)N2CCC(C(=O)O)C2c2cc(C(=O)OC)ccc2S(=O)(=O)C(C)C)ccc1OC(C)C. The van der Waals surface area contributed by atoms with Crippen LogP contribution in [0.4, 0.5) is 11.5 Å². The van der Waals surface area contributed by atoms with Crippen molar-refractivity contribution >= 4 is 50.0 Å². The topological polar surface area (TPSA) is 187 Å². The lowest BCUT2D eigenvalue weighted by Gasteiger charge is -2.33. The predicted octanol–water partition coefficient (Wildman–Crippen LogP) is 5.80. The van der Waals surface area contributed by atoms with E-state index >= 15 is 4.79 Å². The second-order valence-corrected chi connectivity index (χ2v) is 15.5. The summed E-state index contributed by atoms with van der Waals surface area (Å²) in [5.74, 6) is -2.43. The minimum Gasteiger partial charge on any atom is -0.490 e. The zero-order valence-corrected chi connectivity index (χ0v) is 30.8. The Balaban J connectivity index is 1.69. The van der Waals surface area contributed by atoms with Crippen LogP contribution in [-0.2, 0) is 24.2 Å². The van der Waals surface area contributed by atoms with Gasteiger partial charge in [-0.15, -0.1) is 0 Å². The van der Waals surface area contributed by atoms with Crippen LogP contribution in [0, 0.1) is 5.92 Å². The van der Waals surface area contributed by atoms with E-state index in [9.17, 15) is 23.1 Å². The quantitative estimate of drug-likeness (QED) is 0.141. The van der Waals surface area contributed by atoms with Gasteiger partial charge in [0.05, 0.1) is 47.5 Å². The maximum absolute atomic E-state index is 15.0. The van der Waals surface area contributed by atoms with Crippen molar-refractivity contribution in [3.8, 4) is 11.5 Å². The molecular weight excluding hydrogens is 689 g/mol. The number of aromatic nitrogens is 1. The number of rotatable bonds is 13. The number of esters is 1. The van der Waals surface area contributed by atoms with Gasteiger partial charge in [0.15, 0.2) is 21.3 Å². The van der Waals surface area contributed by atoms with Crippen molar-refractivity contribution in [3.05, 3.63) is 83.6 Å². The number of pyridine rings is 1. The summed E-state index contributed by atoms with van der Waals surface area (Å²) in [7, 11) is -2.82. The van der Waals surface area contributed by atoms with Gasteiger partial charge in [-0.05, 0) is 112 Å². The lowest BCUT2D eigenvalue weighted by atomic mass is 9.92. The molecule has 3 atom stereocenters. The maximum atomic E-state index is 15.0. The van der Waals surface area contributed by atoms with E-state index in [0.717, 1.165) is 10.8 Å². The number of amides is 1. The molecule has 0 aliphatic carbocycles. The first kappa shape index (κ1) is 37.9. The van der Waals surface area contributed by atoms with Crippen molar-refractivity contribution in [2.45, 2.75) is 69.4 Å². The number of sulfone groups is 1. The number of nitrogens with two attached hydrogens (primary N) is 1. The number of benzene rings is 3. The Hall–Kier alpha value is -5.37. The molecule has 4 N–H and O–H groups in total. The van der Waals surface area contributed by atoms with Crippen molar-refractivity contribution in [2.75, 3.05) is 31.3 Å². The number of ether oxygens (including phenoxy) is 3. The lowest BCUT2D eigenvalue weighted by Crippen LogP contribution is -2.40. The number of carbonyl (C=O) groups excluding carboxylic acids is 2. The fraction of sp³-hybridized carbons (Fsp3) is 0.368. The molecule has 0 saturated carbocycles. The highest BCUT2D eigenvalue weighted by Crippen LogP contribution is 2.44. The largest absolute Gasteiger partial charge is 0.490 e. The first-order chi connectivity index (χ1) is 24.7. The van der Waals surface area contributed by atoms with E-state index in [-0.39, 0.29) is 35.1 Å². The third-order valence-corrected chi connectivity index (χ3v) is 11.2. The van der Waals surface area contributed by atoms with Crippen LogP contribution in [-0.4, -0.2) is 72.9 Å². The summed E-state index contributed by atoms with van der Waals surface area (Å²) in [5, 5.41) is 14.4. The van der Waals surface area contributed by atoms with Crippen LogP contribution in [0.5, 0.6) is 11.5 Å². The molecule has 1 amide bonds. The van der Waals surface area contributed by atoms with Crippen LogP contribution in [0.25, 0.3) is 10.8 Å². The Morgan fingerprint density at radius 3 is 2.42 bits per heavy atom. The number of carboxylic acids is 1. The summed E-state index contributed by atoms with van der Waals surface area (Å²) in [5.41, 5.74) is 7.17. The first-order valence-corrected chi connectivity index (χ1v) is 18.6. The first-order valence-electron chi connectivity index (χ1n) is 17.0. The molecule has 2 heterocycles. The summed E-state index contributed by atoms with van der Waals surface area (Å²) in [6.07, 6.45) is 1.46. The molecule has 4 aromatic rings. The average Bonchev–Trinajstić information content (AvgIpc) is 3.56. The molecule has 14 heteroatoms. The van der Waals surface area contributed by atoms with Gasteiger partial charge in [-0.2, -0.15) is 0 Å². The highest BCUT2D eigenvalue weighted by molar-refractivity contribution is 7.92. The molecule has 0 bridgehead atoms. The molecule has 52 heavy (non-hydrogen) atoms. The molecule has 3 aromatic carbocycles.